The van der Waals surface area contributed by atoms with Crippen LogP contribution >= 0.6 is 0 Å². The highest BCUT2D eigenvalue weighted by molar-refractivity contribution is 5.81. The molecule has 0 saturated heterocycles. The topological polar surface area (TPSA) is 52.6 Å². The average Bonchev–Trinajstić information content (AvgIpc) is 2.36. The number of rotatable bonds is 7. The molecule has 0 N–H and O–H groups in total. The van der Waals surface area contributed by atoms with Gasteiger partial charge in [0.15, 0.2) is 0 Å². The lowest BCUT2D eigenvalue weighted by molar-refractivity contribution is -0.139. The Kier molecular flexibility index (Phi) is 14.1. The molecule has 0 aliphatic rings. The van der Waals surface area contributed by atoms with Crippen molar-refractivity contribution in [1.29, 1.82) is 0 Å². The van der Waals surface area contributed by atoms with Crippen LogP contribution in [-0.4, -0.2) is 25.2 Å². The number of unbranched alkanes of at least 4 members (excludes halogenated alkanes) is 1. The Morgan fingerprint density at radius 2 is 1.61 bits per heavy atom. The van der Waals surface area contributed by atoms with Gasteiger partial charge < -0.3 is 9.47 Å². The number of carbonyl (C=O) groups is 2. The summed E-state index contributed by atoms with van der Waals surface area (Å²) >= 11 is 0. The van der Waals surface area contributed by atoms with E-state index in [0.29, 0.717) is 19.1 Å². The molecular weight excluding hydrogens is 232 g/mol. The number of carbonyl (C=O) groups excluding carboxylic acids is 2. The maximum absolute atomic E-state index is 10.4. The molecule has 4 nitrogen and oxygen atoms in total. The van der Waals surface area contributed by atoms with Crippen LogP contribution in [0.5, 0.6) is 0 Å². The third kappa shape index (κ3) is 16.8. The Morgan fingerprint density at radius 1 is 1.11 bits per heavy atom. The molecule has 0 rings (SSSR count). The van der Waals surface area contributed by atoms with Crippen molar-refractivity contribution in [3.63, 3.8) is 0 Å². The zero-order valence-electron chi connectivity index (χ0n) is 11.6. The van der Waals surface area contributed by atoms with Crippen LogP contribution in [0.4, 0.5) is 0 Å². The zero-order chi connectivity index (χ0) is 14.4. The van der Waals surface area contributed by atoms with Gasteiger partial charge >= 0.3 is 11.9 Å². The molecule has 4 heteroatoms. The molecule has 0 radical (unpaired) electrons. The summed E-state index contributed by atoms with van der Waals surface area (Å²) in [5.74, 6) is -0.277. The smallest absolute Gasteiger partial charge is 0.330 e. The maximum Gasteiger partial charge on any atom is 0.330 e. The highest BCUT2D eigenvalue weighted by Gasteiger charge is 1.96. The summed E-state index contributed by atoms with van der Waals surface area (Å²) in [4.78, 5) is 20.7. The van der Waals surface area contributed by atoms with E-state index in [1.165, 1.54) is 12.2 Å². The third-order valence-corrected chi connectivity index (χ3v) is 1.63. The van der Waals surface area contributed by atoms with Crippen molar-refractivity contribution in [1.82, 2.24) is 0 Å². The molecule has 0 aromatic carbocycles. The van der Waals surface area contributed by atoms with E-state index in [-0.39, 0.29) is 11.9 Å². The monoisotopic (exact) mass is 256 g/mol. The number of hydrogen-bond donors (Lipinski definition) is 0. The van der Waals surface area contributed by atoms with E-state index in [0.717, 1.165) is 12.8 Å². The summed E-state index contributed by atoms with van der Waals surface area (Å²) in [5, 5.41) is 0. The highest BCUT2D eigenvalue weighted by atomic mass is 16.5. The molecule has 0 aromatic heterocycles. The first kappa shape index (κ1) is 18.8. The molecule has 0 fully saturated rings. The van der Waals surface area contributed by atoms with Crippen molar-refractivity contribution in [2.75, 3.05) is 13.2 Å². The summed E-state index contributed by atoms with van der Waals surface area (Å²) in [6.07, 6.45) is 4.32. The van der Waals surface area contributed by atoms with Gasteiger partial charge in [0.2, 0.25) is 0 Å². The maximum atomic E-state index is 10.4. The second-order valence-electron chi connectivity index (χ2n) is 3.95. The molecule has 0 spiro atoms. The molecule has 0 aliphatic carbocycles. The lowest BCUT2D eigenvalue weighted by atomic mass is 10.2. The van der Waals surface area contributed by atoms with E-state index in [2.05, 4.69) is 17.9 Å². The van der Waals surface area contributed by atoms with Gasteiger partial charge in [-0.3, -0.25) is 0 Å². The Hall–Kier alpha value is -1.58. The summed E-state index contributed by atoms with van der Waals surface area (Å²) in [5.41, 5.74) is 0. The van der Waals surface area contributed by atoms with Gasteiger partial charge in [0, 0.05) is 12.2 Å². The Labute approximate surface area is 110 Å². The zero-order valence-corrected chi connectivity index (χ0v) is 11.6. The van der Waals surface area contributed by atoms with Crippen molar-refractivity contribution >= 4 is 11.9 Å². The second-order valence-corrected chi connectivity index (χ2v) is 3.95. The van der Waals surface area contributed by atoms with Gasteiger partial charge in [0.05, 0.1) is 13.2 Å². The SMILES string of the molecule is C=CC(=O)OCC(C)C.C=CC(=O)OCCCC. The van der Waals surface area contributed by atoms with Gasteiger partial charge in [0.25, 0.3) is 0 Å². The van der Waals surface area contributed by atoms with Crippen LogP contribution < -0.4 is 0 Å². The minimum Gasteiger partial charge on any atom is -0.463 e. The molecule has 0 atom stereocenters. The number of hydrogen-bond acceptors (Lipinski definition) is 4. The largest absolute Gasteiger partial charge is 0.463 e. The molecule has 0 aliphatic heterocycles. The standard InChI is InChI=1S/2C7H12O2/c1-4-7(8)9-5-6(2)3;1-3-5-6-9-7(8)4-2/h4,6H,1,5H2,2-3H3;4H,2-3,5-6H2,1H3. The average molecular weight is 256 g/mol. The first-order valence-corrected chi connectivity index (χ1v) is 6.06. The fourth-order valence-corrected chi connectivity index (χ4v) is 0.684. The van der Waals surface area contributed by atoms with Crippen molar-refractivity contribution in [3.05, 3.63) is 25.3 Å². The Balaban J connectivity index is 0. The normalized spacial score (nSPS) is 8.89. The first-order valence-electron chi connectivity index (χ1n) is 6.06. The molecule has 0 amide bonds. The Morgan fingerprint density at radius 3 is 2.00 bits per heavy atom. The minimum atomic E-state index is -0.344. The van der Waals surface area contributed by atoms with Gasteiger partial charge in [-0.15, -0.1) is 0 Å². The van der Waals surface area contributed by atoms with Crippen molar-refractivity contribution in [2.45, 2.75) is 33.6 Å². The predicted octanol–water partition coefficient (Wildman–Crippen LogP) is 2.89. The van der Waals surface area contributed by atoms with E-state index < -0.39 is 0 Å². The summed E-state index contributed by atoms with van der Waals surface area (Å²) in [6, 6.07) is 0. The van der Waals surface area contributed by atoms with Gasteiger partial charge in [-0.05, 0) is 12.3 Å². The van der Waals surface area contributed by atoms with Crippen molar-refractivity contribution in [2.24, 2.45) is 5.92 Å². The van der Waals surface area contributed by atoms with E-state index in [4.69, 9.17) is 4.74 Å². The van der Waals surface area contributed by atoms with Crippen LogP contribution in [0.2, 0.25) is 0 Å². The van der Waals surface area contributed by atoms with Crippen LogP contribution in [0.1, 0.15) is 33.6 Å². The quantitative estimate of drug-likeness (QED) is 0.399. The second kappa shape index (κ2) is 13.5. The van der Waals surface area contributed by atoms with Crippen molar-refractivity contribution < 1.29 is 19.1 Å². The summed E-state index contributed by atoms with van der Waals surface area (Å²) < 4.78 is 9.37. The van der Waals surface area contributed by atoms with Crippen molar-refractivity contribution in [3.8, 4) is 0 Å². The van der Waals surface area contributed by atoms with Crippen LogP contribution in [0.3, 0.4) is 0 Å². The van der Waals surface area contributed by atoms with Crippen LogP contribution in [-0.2, 0) is 19.1 Å². The number of ether oxygens (including phenoxy) is 2. The summed E-state index contributed by atoms with van der Waals surface area (Å²) in [6.45, 7) is 13.5. The molecule has 18 heavy (non-hydrogen) atoms. The van der Waals surface area contributed by atoms with Crippen LogP contribution in [0.25, 0.3) is 0 Å². The number of esters is 2. The van der Waals surface area contributed by atoms with E-state index >= 15 is 0 Å². The van der Waals surface area contributed by atoms with E-state index in [1.54, 1.807) is 0 Å². The van der Waals surface area contributed by atoms with Crippen LogP contribution in [0, 0.1) is 5.92 Å². The lowest BCUT2D eigenvalue weighted by Crippen LogP contribution is -2.06. The first-order chi connectivity index (χ1) is 8.47. The fraction of sp³-hybridized carbons (Fsp3) is 0.571. The Bertz CT molecular complexity index is 257. The van der Waals surface area contributed by atoms with Gasteiger partial charge in [-0.1, -0.05) is 40.3 Å². The molecular formula is C14H24O4. The van der Waals surface area contributed by atoms with Gasteiger partial charge in [-0.25, -0.2) is 9.59 Å². The molecule has 0 heterocycles. The van der Waals surface area contributed by atoms with Gasteiger partial charge in [0.1, 0.15) is 0 Å². The molecule has 0 unspecified atom stereocenters. The van der Waals surface area contributed by atoms with Crippen LogP contribution in [0.15, 0.2) is 25.3 Å². The minimum absolute atomic E-state index is 0.330. The fourth-order valence-electron chi connectivity index (χ4n) is 0.684. The molecule has 0 saturated carbocycles. The van der Waals surface area contributed by atoms with E-state index in [1.807, 2.05) is 20.8 Å². The molecule has 104 valence electrons. The van der Waals surface area contributed by atoms with E-state index in [9.17, 15) is 9.59 Å². The summed E-state index contributed by atoms with van der Waals surface area (Å²) in [7, 11) is 0. The van der Waals surface area contributed by atoms with Gasteiger partial charge in [-0.2, -0.15) is 0 Å². The lowest BCUT2D eigenvalue weighted by Gasteiger charge is -2.02. The molecule has 0 bridgehead atoms. The predicted molar refractivity (Wildman–Crippen MR) is 72.1 cm³/mol. The highest BCUT2D eigenvalue weighted by Crippen LogP contribution is 1.92. The third-order valence-electron chi connectivity index (χ3n) is 1.63. The molecule has 0 aromatic rings.